The average Bonchev–Trinajstić information content (AvgIpc) is 4.09. The van der Waals surface area contributed by atoms with Crippen LogP contribution >= 0.6 is 0 Å². The van der Waals surface area contributed by atoms with Gasteiger partial charge in [-0.05, 0) is 95.1 Å². The first-order valence-corrected chi connectivity index (χ1v) is 32.5. The fourth-order valence-electron chi connectivity index (χ4n) is 11.7. The van der Waals surface area contributed by atoms with Gasteiger partial charge in [0.2, 0.25) is 0 Å². The molecule has 0 atom stereocenters. The first-order chi connectivity index (χ1) is 35.5. The Balaban J connectivity index is 1.25. The Kier molecular flexibility index (Phi) is 10.4. The van der Waals surface area contributed by atoms with E-state index in [1.807, 2.05) is 0 Å². The van der Waals surface area contributed by atoms with Crippen molar-refractivity contribution in [2.75, 3.05) is 9.80 Å². The molecule has 1 aliphatic carbocycles. The fourth-order valence-corrected chi connectivity index (χ4v) is 14.1. The minimum Gasteiger partial charge on any atom is -0.455 e. The first-order valence-electron chi connectivity index (χ1n) is 25.5. The highest BCUT2D eigenvalue weighted by Gasteiger charge is 2.50. The van der Waals surface area contributed by atoms with E-state index in [1.165, 1.54) is 27.1 Å². The van der Waals surface area contributed by atoms with Crippen molar-refractivity contribution < 1.29 is 8.83 Å². The maximum atomic E-state index is 7.50. The van der Waals surface area contributed by atoms with Crippen molar-refractivity contribution in [2.24, 2.45) is 0 Å². The van der Waals surface area contributed by atoms with Crippen molar-refractivity contribution in [3.05, 3.63) is 253 Å². The number of anilines is 6. The van der Waals surface area contributed by atoms with E-state index in [-0.39, 0.29) is 0 Å². The molecule has 0 radical (unpaired) electrons. The van der Waals surface area contributed by atoms with Gasteiger partial charge < -0.3 is 18.6 Å². The molecule has 2 aromatic heterocycles. The Morgan fingerprint density at radius 3 is 1.25 bits per heavy atom. The van der Waals surface area contributed by atoms with Crippen molar-refractivity contribution >= 4 is 105 Å². The fraction of sp³-hybridized carbons (Fsp3) is 0.104. The molecule has 73 heavy (non-hydrogen) atoms. The maximum absolute atomic E-state index is 7.50. The highest BCUT2D eigenvalue weighted by molar-refractivity contribution is 6.89. The molecule has 0 aliphatic heterocycles. The topological polar surface area (TPSA) is 32.8 Å². The first kappa shape index (κ1) is 44.8. The van der Waals surface area contributed by atoms with Crippen LogP contribution in [-0.2, 0) is 5.41 Å². The number of hydrogen-bond donors (Lipinski definition) is 0. The summed E-state index contributed by atoms with van der Waals surface area (Å²) in [5.74, 6) is 0. The second kappa shape index (κ2) is 17.0. The SMILES string of the molecule is C[Si](C)(C)c1cccc(N(c2ccccc2)c2cc3c(c4c2oc2ccccc24)-c2c(cc(N(c4ccccc4)c4cccc([Si](C)(C)C)c4)c4c2oc2ccccc24)C3(c2ccccc2)c2ccccc2)c1. The Hall–Kier alpha value is -8.17. The lowest BCUT2D eigenvalue weighted by Gasteiger charge is -2.36. The van der Waals surface area contributed by atoms with E-state index in [4.69, 9.17) is 8.83 Å². The van der Waals surface area contributed by atoms with Crippen molar-refractivity contribution in [3.8, 4) is 11.1 Å². The molecule has 6 heteroatoms. The van der Waals surface area contributed by atoms with Crippen LogP contribution in [0.2, 0.25) is 39.3 Å². The molecule has 13 rings (SSSR count). The zero-order valence-electron chi connectivity index (χ0n) is 42.2. The second-order valence-corrected chi connectivity index (χ2v) is 31.8. The van der Waals surface area contributed by atoms with Crippen molar-refractivity contribution in [2.45, 2.75) is 44.7 Å². The summed E-state index contributed by atoms with van der Waals surface area (Å²) in [4.78, 5) is 4.91. The molecule has 10 aromatic carbocycles. The molecule has 4 nitrogen and oxygen atoms in total. The molecular weight excluding hydrogens is 921 g/mol. The van der Waals surface area contributed by atoms with Crippen LogP contribution in [0.4, 0.5) is 34.1 Å². The molecule has 0 spiro atoms. The van der Waals surface area contributed by atoms with Gasteiger partial charge in [-0.3, -0.25) is 0 Å². The second-order valence-electron chi connectivity index (χ2n) is 21.7. The molecule has 0 bridgehead atoms. The molecule has 12 aromatic rings. The van der Waals surface area contributed by atoms with E-state index in [0.717, 1.165) is 94.7 Å². The minimum atomic E-state index is -1.74. The van der Waals surface area contributed by atoms with Crippen LogP contribution in [0.25, 0.3) is 55.0 Å². The van der Waals surface area contributed by atoms with E-state index >= 15 is 0 Å². The molecule has 2 heterocycles. The smallest absolute Gasteiger partial charge is 0.160 e. The summed E-state index contributed by atoms with van der Waals surface area (Å²) in [6, 6.07) is 84.7. The van der Waals surface area contributed by atoms with Crippen LogP contribution in [0.15, 0.2) is 239 Å². The number of furan rings is 2. The quantitative estimate of drug-likeness (QED) is 0.128. The van der Waals surface area contributed by atoms with Crippen LogP contribution in [0.1, 0.15) is 22.3 Å². The van der Waals surface area contributed by atoms with Crippen molar-refractivity contribution in [1.82, 2.24) is 0 Å². The normalized spacial score (nSPS) is 13.2. The van der Waals surface area contributed by atoms with E-state index in [2.05, 4.69) is 280 Å². The predicted octanol–water partition coefficient (Wildman–Crippen LogP) is 17.9. The van der Waals surface area contributed by atoms with Gasteiger partial charge >= 0.3 is 0 Å². The molecular formula is C67H56N2O2Si2. The van der Waals surface area contributed by atoms with E-state index in [1.54, 1.807) is 0 Å². The van der Waals surface area contributed by atoms with Gasteiger partial charge in [0, 0.05) is 50.0 Å². The van der Waals surface area contributed by atoms with Crippen LogP contribution < -0.4 is 20.2 Å². The number of benzene rings is 10. The average molecular weight is 977 g/mol. The largest absolute Gasteiger partial charge is 0.455 e. The van der Waals surface area contributed by atoms with Gasteiger partial charge in [-0.25, -0.2) is 0 Å². The molecule has 0 saturated carbocycles. The van der Waals surface area contributed by atoms with E-state index in [0.29, 0.717) is 0 Å². The van der Waals surface area contributed by atoms with Gasteiger partial charge in [-0.2, -0.15) is 0 Å². The van der Waals surface area contributed by atoms with Gasteiger partial charge in [-0.15, -0.1) is 0 Å². The third-order valence-electron chi connectivity index (χ3n) is 15.2. The summed E-state index contributed by atoms with van der Waals surface area (Å²) in [6.07, 6.45) is 0. The van der Waals surface area contributed by atoms with Crippen LogP contribution in [0.5, 0.6) is 0 Å². The maximum Gasteiger partial charge on any atom is 0.160 e. The predicted molar refractivity (Wildman–Crippen MR) is 314 cm³/mol. The highest BCUT2D eigenvalue weighted by Crippen LogP contribution is 2.64. The lowest BCUT2D eigenvalue weighted by atomic mass is 9.67. The summed E-state index contributed by atoms with van der Waals surface area (Å²) in [5.41, 5.74) is 15.7. The van der Waals surface area contributed by atoms with Crippen LogP contribution in [-0.4, -0.2) is 16.1 Å². The molecule has 0 saturated heterocycles. The molecule has 0 fully saturated rings. The Morgan fingerprint density at radius 1 is 0.342 bits per heavy atom. The molecule has 354 valence electrons. The number of fused-ring (bicyclic) bond motifs is 11. The zero-order chi connectivity index (χ0) is 49.6. The summed E-state index contributed by atoms with van der Waals surface area (Å²) in [7, 11) is -3.49. The molecule has 0 N–H and O–H groups in total. The van der Waals surface area contributed by atoms with Gasteiger partial charge in [0.05, 0.1) is 38.3 Å². The summed E-state index contributed by atoms with van der Waals surface area (Å²) in [6.45, 7) is 14.6. The molecule has 1 aliphatic rings. The summed E-state index contributed by atoms with van der Waals surface area (Å²) >= 11 is 0. The number of para-hydroxylation sites is 4. The zero-order valence-corrected chi connectivity index (χ0v) is 44.2. The van der Waals surface area contributed by atoms with E-state index in [9.17, 15) is 0 Å². The Morgan fingerprint density at radius 2 is 0.740 bits per heavy atom. The van der Waals surface area contributed by atoms with Crippen molar-refractivity contribution in [1.29, 1.82) is 0 Å². The van der Waals surface area contributed by atoms with Gasteiger partial charge in [0.1, 0.15) is 16.7 Å². The van der Waals surface area contributed by atoms with Gasteiger partial charge in [0.15, 0.2) is 5.58 Å². The summed E-state index contributed by atoms with van der Waals surface area (Å²) in [5, 5.41) is 7.05. The van der Waals surface area contributed by atoms with Crippen molar-refractivity contribution in [3.63, 3.8) is 0 Å². The van der Waals surface area contributed by atoms with Gasteiger partial charge in [0.25, 0.3) is 0 Å². The molecule has 0 unspecified atom stereocenters. The highest BCUT2D eigenvalue weighted by atomic mass is 28.3. The standard InChI is InChI=1S/C67H56N2O2Si2/c1-72(2,3)51-35-23-33-49(41-51)68(47-29-15-9-16-30-47)57-43-56-64(66-61(57)53-37-19-21-39-59(53)71-66)63-55(67(56,45-25-11-7-12-26-45)46-27-13-8-14-28-46)44-58(65-62(63)54-38-20-22-40-60(54)70-65)69(48-31-17-10-18-32-48)50-34-24-36-52(42-50)73(4,5)6/h7-44H,1-6H3. The lowest BCUT2D eigenvalue weighted by molar-refractivity contribution is 0.668. The number of rotatable bonds is 10. The molecule has 0 amide bonds. The third-order valence-corrected chi connectivity index (χ3v) is 19.3. The summed E-state index contributed by atoms with van der Waals surface area (Å²) < 4.78 is 14.8. The van der Waals surface area contributed by atoms with Gasteiger partial charge in [-0.1, -0.05) is 207 Å². The van der Waals surface area contributed by atoms with Crippen LogP contribution in [0, 0.1) is 0 Å². The monoisotopic (exact) mass is 976 g/mol. The lowest BCUT2D eigenvalue weighted by Crippen LogP contribution is -2.37. The van der Waals surface area contributed by atoms with Crippen LogP contribution in [0.3, 0.4) is 0 Å². The Bertz CT molecular complexity index is 4020. The van der Waals surface area contributed by atoms with E-state index < -0.39 is 21.6 Å². The third kappa shape index (κ3) is 7.07. The number of hydrogen-bond acceptors (Lipinski definition) is 4. The number of nitrogens with zero attached hydrogens (tertiary/aromatic N) is 2. The minimum absolute atomic E-state index is 0.826. The Labute approximate surface area is 429 Å².